The molecule has 1 heterocycles. The molecule has 1 saturated carbocycles. The molecule has 0 saturated heterocycles. The van der Waals surface area contributed by atoms with Gasteiger partial charge in [0.15, 0.2) is 0 Å². The van der Waals surface area contributed by atoms with Gasteiger partial charge in [0, 0.05) is 6.20 Å². The average molecular weight is 383 g/mol. The predicted molar refractivity (Wildman–Crippen MR) is 120 cm³/mol. The second kappa shape index (κ2) is 10.5. The molecule has 1 aromatic carbocycles. The monoisotopic (exact) mass is 382 g/mol. The van der Waals surface area contributed by atoms with Crippen LogP contribution >= 0.6 is 0 Å². The molecule has 150 valence electrons. The Morgan fingerprint density at radius 1 is 1.14 bits per heavy atom. The van der Waals surface area contributed by atoms with Crippen molar-refractivity contribution >= 4 is 11.4 Å². The first-order valence-electron chi connectivity index (χ1n) is 10.8. The van der Waals surface area contributed by atoms with Gasteiger partial charge < -0.3 is 4.99 Å². The van der Waals surface area contributed by atoms with Crippen LogP contribution in [0.15, 0.2) is 47.6 Å². The van der Waals surface area contributed by atoms with E-state index in [0.717, 1.165) is 29.4 Å². The molecule has 0 radical (unpaired) electrons. The number of aliphatic imine (C=N–C) groups is 1. The Kier molecular flexibility index (Phi) is 8.62. The van der Waals surface area contributed by atoms with Crippen LogP contribution in [0.4, 0.5) is 5.69 Å². The molecule has 29 heavy (non-hydrogen) atoms. The fraction of sp³-hybridized carbons (Fsp3) is 0.500. The maximum Gasteiger partial charge on any atom is 1.00 e. The fourth-order valence-corrected chi connectivity index (χ4v) is 4.55. The molecule has 1 fully saturated rings. The first-order valence-corrected chi connectivity index (χ1v) is 10.8. The van der Waals surface area contributed by atoms with Gasteiger partial charge >= 0.3 is 18.9 Å². The van der Waals surface area contributed by atoms with Crippen LogP contribution in [0.3, 0.4) is 0 Å². The van der Waals surface area contributed by atoms with Gasteiger partial charge in [0.1, 0.15) is 0 Å². The molecule has 0 amide bonds. The van der Waals surface area contributed by atoms with Crippen molar-refractivity contribution in [3.63, 3.8) is 0 Å². The summed E-state index contributed by atoms with van der Waals surface area (Å²) in [6, 6.07) is 12.7. The number of hydrogen-bond donors (Lipinski definition) is 0. The first-order chi connectivity index (χ1) is 13.4. The summed E-state index contributed by atoms with van der Waals surface area (Å²) in [4.78, 5) is 9.98. The van der Waals surface area contributed by atoms with E-state index in [-0.39, 0.29) is 24.3 Å². The van der Waals surface area contributed by atoms with Crippen LogP contribution in [-0.2, 0) is 0 Å². The quantitative estimate of drug-likeness (QED) is 0.393. The number of nitrogens with zero attached hydrogens (tertiary/aromatic N) is 2. The van der Waals surface area contributed by atoms with Gasteiger partial charge in [-0.05, 0) is 54.3 Å². The van der Waals surface area contributed by atoms with E-state index in [1.807, 2.05) is 12.3 Å². The Balaban J connectivity index is 0.00000300. The topological polar surface area (TPSA) is 25.2 Å². The number of benzene rings is 1. The van der Waals surface area contributed by atoms with E-state index in [2.05, 4.69) is 76.4 Å². The summed E-state index contributed by atoms with van der Waals surface area (Å²) < 4.78 is 0. The Labute approximate surface area is 189 Å². The SMILES string of the molecule is C[CH-]c1cccc(C(C)C)c1N=C(CC(C)(C)C1CCCC1)c1ccccn1.[Li+]. The zero-order valence-corrected chi connectivity index (χ0v) is 19.2. The van der Waals surface area contributed by atoms with E-state index in [1.165, 1.54) is 36.8 Å². The molecule has 2 nitrogen and oxygen atoms in total. The molecule has 0 N–H and O–H groups in total. The molecular weight excluding hydrogens is 347 g/mol. The summed E-state index contributed by atoms with van der Waals surface area (Å²) in [6.07, 6.45) is 10.4. The number of rotatable bonds is 7. The van der Waals surface area contributed by atoms with Crippen LogP contribution in [0.1, 0.15) is 89.5 Å². The van der Waals surface area contributed by atoms with E-state index >= 15 is 0 Å². The van der Waals surface area contributed by atoms with Crippen molar-refractivity contribution in [3.05, 3.63) is 65.8 Å². The third-order valence-corrected chi connectivity index (χ3v) is 6.32. The largest absolute Gasteiger partial charge is 1.00 e. The summed E-state index contributed by atoms with van der Waals surface area (Å²) in [5.74, 6) is 1.21. The third kappa shape index (κ3) is 5.77. The van der Waals surface area contributed by atoms with Crippen LogP contribution in [0.5, 0.6) is 0 Å². The Bertz CT molecular complexity index is 803. The average Bonchev–Trinajstić information content (AvgIpc) is 3.24. The second-order valence-electron chi connectivity index (χ2n) is 9.15. The summed E-state index contributed by atoms with van der Waals surface area (Å²) in [6.45, 7) is 11.4. The molecule has 3 rings (SSSR count). The van der Waals surface area contributed by atoms with Gasteiger partial charge in [-0.3, -0.25) is 4.98 Å². The molecule has 0 atom stereocenters. The summed E-state index contributed by atoms with van der Waals surface area (Å²) in [5, 5.41) is 0. The van der Waals surface area contributed by atoms with Crippen LogP contribution in [0.25, 0.3) is 0 Å². The van der Waals surface area contributed by atoms with Crippen molar-refractivity contribution in [2.75, 3.05) is 0 Å². The number of pyridine rings is 1. The van der Waals surface area contributed by atoms with Crippen molar-refractivity contribution in [1.29, 1.82) is 0 Å². The van der Waals surface area contributed by atoms with Gasteiger partial charge in [-0.1, -0.05) is 65.2 Å². The molecule has 1 aromatic heterocycles. The predicted octanol–water partition coefficient (Wildman–Crippen LogP) is 4.51. The minimum atomic E-state index is 0. The zero-order valence-electron chi connectivity index (χ0n) is 19.2. The van der Waals surface area contributed by atoms with Crippen molar-refractivity contribution < 1.29 is 18.9 Å². The first kappa shape index (κ1) is 23.8. The summed E-state index contributed by atoms with van der Waals surface area (Å²) >= 11 is 0. The van der Waals surface area contributed by atoms with Crippen molar-refractivity contribution in [2.45, 2.75) is 72.6 Å². The molecule has 3 heteroatoms. The van der Waals surface area contributed by atoms with Gasteiger partial charge in [0.05, 0.1) is 11.4 Å². The van der Waals surface area contributed by atoms with E-state index < -0.39 is 0 Å². The second-order valence-corrected chi connectivity index (χ2v) is 9.15. The van der Waals surface area contributed by atoms with Crippen molar-refractivity contribution in [3.8, 4) is 0 Å². The minimum absolute atomic E-state index is 0. The molecule has 0 spiro atoms. The van der Waals surface area contributed by atoms with E-state index in [0.29, 0.717) is 5.92 Å². The van der Waals surface area contributed by atoms with Gasteiger partial charge in [0.25, 0.3) is 0 Å². The van der Waals surface area contributed by atoms with Crippen molar-refractivity contribution in [1.82, 2.24) is 4.98 Å². The molecule has 2 aromatic rings. The zero-order chi connectivity index (χ0) is 20.1. The molecule has 0 unspecified atom stereocenters. The van der Waals surface area contributed by atoms with Crippen molar-refractivity contribution in [2.24, 2.45) is 16.3 Å². The maximum atomic E-state index is 5.30. The molecule has 0 aliphatic heterocycles. The van der Waals surface area contributed by atoms with Crippen LogP contribution in [-0.4, -0.2) is 10.7 Å². The standard InChI is InChI=1S/C26H35N2.Li/c1-6-20-12-11-15-22(19(2)3)25(20)28-24(23-16-9-10-17-27-23)18-26(4,5)21-13-7-8-14-21;/h6,9-12,15-17,19,21H,7-8,13-14,18H2,1-5H3;/q-1;+1. The minimum Gasteiger partial charge on any atom is -0.315 e. The Hall–Kier alpha value is -1.49. The summed E-state index contributed by atoms with van der Waals surface area (Å²) in [5.41, 5.74) is 5.99. The molecule has 1 aliphatic rings. The summed E-state index contributed by atoms with van der Waals surface area (Å²) in [7, 11) is 0. The Morgan fingerprint density at radius 3 is 2.45 bits per heavy atom. The van der Waals surface area contributed by atoms with Gasteiger partial charge in [0.2, 0.25) is 0 Å². The normalized spacial score (nSPS) is 15.4. The fourth-order valence-electron chi connectivity index (χ4n) is 4.55. The molecule has 0 bridgehead atoms. The smallest absolute Gasteiger partial charge is 0.315 e. The van der Waals surface area contributed by atoms with Gasteiger partial charge in [-0.15, -0.1) is 6.07 Å². The third-order valence-electron chi connectivity index (χ3n) is 6.32. The van der Waals surface area contributed by atoms with Gasteiger partial charge in [-0.25, -0.2) is 0 Å². The molecular formula is C26H35LiN2. The van der Waals surface area contributed by atoms with E-state index in [1.54, 1.807) is 0 Å². The van der Waals surface area contributed by atoms with E-state index in [9.17, 15) is 0 Å². The van der Waals surface area contributed by atoms with Crippen LogP contribution < -0.4 is 18.9 Å². The maximum absolute atomic E-state index is 5.30. The van der Waals surface area contributed by atoms with Crippen LogP contribution in [0.2, 0.25) is 0 Å². The Morgan fingerprint density at radius 2 is 1.86 bits per heavy atom. The van der Waals surface area contributed by atoms with Crippen LogP contribution in [0, 0.1) is 17.8 Å². The molecule has 1 aliphatic carbocycles. The number of para-hydroxylation sites is 1. The number of hydrogen-bond acceptors (Lipinski definition) is 2. The van der Waals surface area contributed by atoms with E-state index in [4.69, 9.17) is 4.99 Å². The van der Waals surface area contributed by atoms with Gasteiger partial charge in [-0.2, -0.15) is 18.1 Å². The number of aromatic nitrogens is 1.